The van der Waals surface area contributed by atoms with Gasteiger partial charge >= 0.3 is 5.97 Å². The number of rotatable bonds is 6. The summed E-state index contributed by atoms with van der Waals surface area (Å²) in [5, 5.41) is 0. The fourth-order valence-corrected chi connectivity index (χ4v) is 6.07. The van der Waals surface area contributed by atoms with Gasteiger partial charge in [0.1, 0.15) is 6.10 Å². The Bertz CT molecular complexity index is 435. The van der Waals surface area contributed by atoms with Gasteiger partial charge in [0.25, 0.3) is 0 Å². The predicted octanol–water partition coefficient (Wildman–Crippen LogP) is 7.16. The Balaban J connectivity index is 1.35. The maximum atomic E-state index is 12.6. The first-order chi connectivity index (χ1) is 13.0. The zero-order valence-corrected chi connectivity index (χ0v) is 18.3. The van der Waals surface area contributed by atoms with Gasteiger partial charge < -0.3 is 4.74 Å². The van der Waals surface area contributed by atoms with E-state index in [0.717, 1.165) is 55.3 Å². The largest absolute Gasteiger partial charge is 0.462 e. The third-order valence-corrected chi connectivity index (χ3v) is 8.34. The van der Waals surface area contributed by atoms with Crippen LogP contribution in [0, 0.1) is 35.5 Å². The van der Waals surface area contributed by atoms with E-state index in [2.05, 4.69) is 20.8 Å². The average molecular weight is 377 g/mol. The summed E-state index contributed by atoms with van der Waals surface area (Å²) in [5.74, 6) is 4.86. The molecule has 0 spiro atoms. The van der Waals surface area contributed by atoms with E-state index in [9.17, 15) is 4.79 Å². The van der Waals surface area contributed by atoms with Crippen LogP contribution in [-0.4, -0.2) is 12.1 Å². The fourth-order valence-electron chi connectivity index (χ4n) is 6.07. The van der Waals surface area contributed by atoms with E-state index in [-0.39, 0.29) is 18.0 Å². The summed E-state index contributed by atoms with van der Waals surface area (Å²) in [6.07, 6.45) is 18.1. The zero-order valence-electron chi connectivity index (χ0n) is 18.3. The molecule has 1 atom stereocenters. The van der Waals surface area contributed by atoms with Crippen LogP contribution in [0.15, 0.2) is 0 Å². The number of esters is 1. The maximum absolute atomic E-state index is 12.6. The highest BCUT2D eigenvalue weighted by molar-refractivity contribution is 5.72. The molecule has 0 aliphatic heterocycles. The highest BCUT2D eigenvalue weighted by atomic mass is 16.5. The average Bonchev–Trinajstić information content (AvgIpc) is 2.70. The summed E-state index contributed by atoms with van der Waals surface area (Å²) in [5.41, 5.74) is 0. The van der Waals surface area contributed by atoms with Crippen LogP contribution < -0.4 is 0 Å². The lowest BCUT2D eigenvalue weighted by atomic mass is 9.68. The molecule has 3 rings (SSSR count). The molecular weight excluding hydrogens is 332 g/mol. The van der Waals surface area contributed by atoms with E-state index in [1.165, 1.54) is 64.2 Å². The van der Waals surface area contributed by atoms with Gasteiger partial charge in [-0.25, -0.2) is 0 Å². The van der Waals surface area contributed by atoms with Crippen molar-refractivity contribution in [3.8, 4) is 0 Å². The van der Waals surface area contributed by atoms with Crippen molar-refractivity contribution in [3.63, 3.8) is 0 Å². The summed E-state index contributed by atoms with van der Waals surface area (Å²) in [4.78, 5) is 12.6. The van der Waals surface area contributed by atoms with Crippen LogP contribution >= 0.6 is 0 Å². The van der Waals surface area contributed by atoms with E-state index < -0.39 is 0 Å². The molecule has 0 aromatic carbocycles. The van der Waals surface area contributed by atoms with Crippen molar-refractivity contribution in [1.82, 2.24) is 0 Å². The van der Waals surface area contributed by atoms with Crippen molar-refractivity contribution in [2.45, 2.75) is 117 Å². The van der Waals surface area contributed by atoms with Gasteiger partial charge in [0.05, 0.1) is 5.92 Å². The minimum atomic E-state index is 0.130. The first kappa shape index (κ1) is 21.2. The molecule has 27 heavy (non-hydrogen) atoms. The minimum absolute atomic E-state index is 0.130. The lowest BCUT2D eigenvalue weighted by Crippen LogP contribution is -2.32. The Morgan fingerprint density at radius 3 is 1.96 bits per heavy atom. The van der Waals surface area contributed by atoms with E-state index in [1.807, 2.05) is 0 Å². The fraction of sp³-hybridized carbons (Fsp3) is 0.960. The standard InChI is InChI=1S/C25H44O2/c1-4-18(2)17-20-7-9-21(10-8-20)22-11-13-23(14-12-22)25(26)27-24-15-5-19(3)6-16-24/h18-24H,4-17H2,1-3H3. The second-order valence-corrected chi connectivity index (χ2v) is 10.5. The van der Waals surface area contributed by atoms with Crippen molar-refractivity contribution in [2.75, 3.05) is 0 Å². The van der Waals surface area contributed by atoms with Gasteiger partial charge in [-0.2, -0.15) is 0 Å². The Kier molecular flexibility index (Phi) is 8.09. The first-order valence-corrected chi connectivity index (χ1v) is 12.3. The van der Waals surface area contributed by atoms with Crippen LogP contribution in [0.2, 0.25) is 0 Å². The van der Waals surface area contributed by atoms with Crippen molar-refractivity contribution >= 4 is 5.97 Å². The van der Waals surface area contributed by atoms with Crippen molar-refractivity contribution in [2.24, 2.45) is 35.5 Å². The molecule has 3 fully saturated rings. The molecule has 3 saturated carbocycles. The molecule has 3 aliphatic rings. The molecule has 2 heteroatoms. The van der Waals surface area contributed by atoms with Gasteiger partial charge in [-0.05, 0) is 100 Å². The normalized spacial score (nSPS) is 38.9. The highest BCUT2D eigenvalue weighted by Crippen LogP contribution is 2.43. The molecule has 0 amide bonds. The third-order valence-electron chi connectivity index (χ3n) is 8.34. The smallest absolute Gasteiger partial charge is 0.309 e. The highest BCUT2D eigenvalue weighted by Gasteiger charge is 2.34. The summed E-state index contributed by atoms with van der Waals surface area (Å²) in [7, 11) is 0. The number of ether oxygens (including phenoxy) is 1. The van der Waals surface area contributed by atoms with Gasteiger partial charge in [-0.1, -0.05) is 40.0 Å². The molecule has 0 bridgehead atoms. The molecule has 1 unspecified atom stereocenters. The van der Waals surface area contributed by atoms with Crippen LogP contribution in [0.4, 0.5) is 0 Å². The van der Waals surface area contributed by atoms with Crippen LogP contribution in [0.3, 0.4) is 0 Å². The summed E-state index contributed by atoms with van der Waals surface area (Å²) >= 11 is 0. The zero-order chi connectivity index (χ0) is 19.2. The summed E-state index contributed by atoms with van der Waals surface area (Å²) < 4.78 is 5.88. The Hall–Kier alpha value is -0.530. The number of carbonyl (C=O) groups is 1. The SMILES string of the molecule is CCC(C)CC1CCC(C2CCC(C(=O)OC3CCC(C)CC3)CC2)CC1. The molecule has 0 aromatic heterocycles. The number of hydrogen-bond acceptors (Lipinski definition) is 2. The monoisotopic (exact) mass is 376 g/mol. The van der Waals surface area contributed by atoms with Crippen LogP contribution in [-0.2, 0) is 9.53 Å². The van der Waals surface area contributed by atoms with Crippen LogP contribution in [0.5, 0.6) is 0 Å². The molecule has 3 aliphatic carbocycles. The van der Waals surface area contributed by atoms with Crippen molar-refractivity contribution in [3.05, 3.63) is 0 Å². The third kappa shape index (κ3) is 6.23. The van der Waals surface area contributed by atoms with Crippen LogP contribution in [0.25, 0.3) is 0 Å². The Labute approximate surface area is 168 Å². The lowest BCUT2D eigenvalue weighted by Gasteiger charge is -2.38. The Morgan fingerprint density at radius 2 is 1.41 bits per heavy atom. The van der Waals surface area contributed by atoms with Crippen molar-refractivity contribution < 1.29 is 9.53 Å². The minimum Gasteiger partial charge on any atom is -0.462 e. The van der Waals surface area contributed by atoms with Gasteiger partial charge in [0.2, 0.25) is 0 Å². The second-order valence-electron chi connectivity index (χ2n) is 10.5. The maximum Gasteiger partial charge on any atom is 0.309 e. The van der Waals surface area contributed by atoms with Gasteiger partial charge in [0, 0.05) is 0 Å². The molecule has 0 aromatic rings. The predicted molar refractivity (Wildman–Crippen MR) is 112 cm³/mol. The number of carbonyl (C=O) groups excluding carboxylic acids is 1. The Morgan fingerprint density at radius 1 is 0.852 bits per heavy atom. The van der Waals surface area contributed by atoms with E-state index >= 15 is 0 Å². The molecule has 0 saturated heterocycles. The molecule has 0 radical (unpaired) electrons. The topological polar surface area (TPSA) is 26.3 Å². The van der Waals surface area contributed by atoms with Gasteiger partial charge in [-0.3, -0.25) is 4.79 Å². The van der Waals surface area contributed by atoms with E-state index in [0.29, 0.717) is 0 Å². The first-order valence-electron chi connectivity index (χ1n) is 12.3. The lowest BCUT2D eigenvalue weighted by molar-refractivity contribution is -0.157. The molecular formula is C25H44O2. The molecule has 0 heterocycles. The van der Waals surface area contributed by atoms with Crippen molar-refractivity contribution in [1.29, 1.82) is 0 Å². The molecule has 156 valence electrons. The molecule has 0 N–H and O–H groups in total. The molecule has 2 nitrogen and oxygen atoms in total. The van der Waals surface area contributed by atoms with Gasteiger partial charge in [-0.15, -0.1) is 0 Å². The van der Waals surface area contributed by atoms with Gasteiger partial charge in [0.15, 0.2) is 0 Å². The number of hydrogen-bond donors (Lipinski definition) is 0. The summed E-state index contributed by atoms with van der Waals surface area (Å²) in [6, 6.07) is 0. The van der Waals surface area contributed by atoms with E-state index in [1.54, 1.807) is 0 Å². The van der Waals surface area contributed by atoms with Crippen LogP contribution in [0.1, 0.15) is 111 Å². The quantitative estimate of drug-likeness (QED) is 0.460. The second kappa shape index (κ2) is 10.3. The summed E-state index contributed by atoms with van der Waals surface area (Å²) in [6.45, 7) is 7.06. The van der Waals surface area contributed by atoms with E-state index in [4.69, 9.17) is 4.74 Å².